The molecule has 0 saturated heterocycles. The second-order valence-corrected chi connectivity index (χ2v) is 4.14. The summed E-state index contributed by atoms with van der Waals surface area (Å²) in [4.78, 5) is 22.1. The Bertz CT molecular complexity index is 598. The van der Waals surface area contributed by atoms with Gasteiger partial charge in [0.2, 0.25) is 11.8 Å². The first-order valence-electron chi connectivity index (χ1n) is 5.88. The Morgan fingerprint density at radius 3 is 1.50 bits per heavy atom. The van der Waals surface area contributed by atoms with Crippen molar-refractivity contribution in [3.05, 3.63) is 59.7 Å². The van der Waals surface area contributed by atoms with Gasteiger partial charge in [-0.25, -0.2) is 0 Å². The molecule has 6 N–H and O–H groups in total. The van der Waals surface area contributed by atoms with Crippen LogP contribution in [0.1, 0.15) is 20.7 Å². The first-order chi connectivity index (χ1) is 9.56. The van der Waals surface area contributed by atoms with E-state index >= 15 is 0 Å². The number of anilines is 2. The average molecular weight is 270 g/mol. The number of hydrogen-bond donors (Lipinski definition) is 4. The molecule has 0 fully saturated rings. The fourth-order valence-electron chi connectivity index (χ4n) is 1.64. The molecule has 0 spiro atoms. The van der Waals surface area contributed by atoms with Gasteiger partial charge >= 0.3 is 0 Å². The quantitative estimate of drug-likeness (QED) is 0.614. The van der Waals surface area contributed by atoms with Crippen LogP contribution in [0.3, 0.4) is 0 Å². The molecule has 0 atom stereocenters. The minimum Gasteiger partial charge on any atom is -0.366 e. The highest BCUT2D eigenvalue weighted by Crippen LogP contribution is 2.13. The molecule has 0 aliphatic carbocycles. The number of carbonyl (C=O) groups excluding carboxylic acids is 2. The van der Waals surface area contributed by atoms with Gasteiger partial charge < -0.3 is 22.3 Å². The number of benzene rings is 2. The molecule has 6 heteroatoms. The topological polar surface area (TPSA) is 110 Å². The summed E-state index contributed by atoms with van der Waals surface area (Å²) in [6, 6.07) is 13.5. The average Bonchev–Trinajstić information content (AvgIpc) is 2.45. The van der Waals surface area contributed by atoms with Crippen LogP contribution in [0.2, 0.25) is 0 Å². The van der Waals surface area contributed by atoms with Gasteiger partial charge in [0.15, 0.2) is 0 Å². The molecule has 2 rings (SSSR count). The minimum absolute atomic E-state index is 0.405. The number of primary amides is 2. The molecule has 0 saturated carbocycles. The van der Waals surface area contributed by atoms with Gasteiger partial charge in [-0.1, -0.05) is 12.1 Å². The second kappa shape index (κ2) is 5.75. The number of nitrogens with two attached hydrogens (primary N) is 2. The summed E-state index contributed by atoms with van der Waals surface area (Å²) >= 11 is 0. The Labute approximate surface area is 115 Å². The molecule has 2 aromatic carbocycles. The molecule has 2 aromatic rings. The maximum atomic E-state index is 11.1. The van der Waals surface area contributed by atoms with Crippen LogP contribution in [0.15, 0.2) is 48.5 Å². The third-order valence-electron chi connectivity index (χ3n) is 2.65. The zero-order valence-corrected chi connectivity index (χ0v) is 10.6. The lowest BCUT2D eigenvalue weighted by Gasteiger charge is -2.11. The minimum atomic E-state index is -0.496. The molecular weight excluding hydrogens is 256 g/mol. The fraction of sp³-hybridized carbons (Fsp3) is 0. The lowest BCUT2D eigenvalue weighted by molar-refractivity contribution is 0.0992. The maximum absolute atomic E-state index is 11.1. The highest BCUT2D eigenvalue weighted by molar-refractivity contribution is 5.94. The molecule has 0 bridgehead atoms. The third kappa shape index (κ3) is 3.26. The highest BCUT2D eigenvalue weighted by Gasteiger charge is 2.02. The molecule has 0 aliphatic heterocycles. The smallest absolute Gasteiger partial charge is 0.248 e. The predicted octanol–water partition coefficient (Wildman–Crippen LogP) is 1.32. The second-order valence-electron chi connectivity index (χ2n) is 4.14. The molecular formula is C14H14N4O2. The van der Waals surface area contributed by atoms with Crippen molar-refractivity contribution in [1.29, 1.82) is 0 Å². The Morgan fingerprint density at radius 2 is 1.15 bits per heavy atom. The fourth-order valence-corrected chi connectivity index (χ4v) is 1.64. The van der Waals surface area contributed by atoms with Gasteiger partial charge in [-0.2, -0.15) is 0 Å². The first-order valence-corrected chi connectivity index (χ1v) is 5.88. The van der Waals surface area contributed by atoms with E-state index in [1.54, 1.807) is 48.5 Å². The SMILES string of the molecule is NC(=O)c1cccc(NNc2cccc(C(N)=O)c2)c1. The molecule has 0 radical (unpaired) electrons. The normalized spacial score (nSPS) is 9.80. The van der Waals surface area contributed by atoms with Crippen molar-refractivity contribution in [1.82, 2.24) is 0 Å². The van der Waals surface area contributed by atoms with Crippen molar-refractivity contribution in [3.8, 4) is 0 Å². The highest BCUT2D eigenvalue weighted by atomic mass is 16.1. The van der Waals surface area contributed by atoms with Crippen LogP contribution in [0.25, 0.3) is 0 Å². The number of hydrogen-bond acceptors (Lipinski definition) is 4. The van der Waals surface area contributed by atoms with E-state index in [0.717, 1.165) is 0 Å². The van der Waals surface area contributed by atoms with Crippen molar-refractivity contribution in [2.45, 2.75) is 0 Å². The lowest BCUT2D eigenvalue weighted by Crippen LogP contribution is -2.14. The monoisotopic (exact) mass is 270 g/mol. The van der Waals surface area contributed by atoms with Crippen LogP contribution < -0.4 is 22.3 Å². The van der Waals surface area contributed by atoms with E-state index < -0.39 is 11.8 Å². The van der Waals surface area contributed by atoms with Crippen LogP contribution in [0.4, 0.5) is 11.4 Å². The van der Waals surface area contributed by atoms with Crippen molar-refractivity contribution < 1.29 is 9.59 Å². The molecule has 20 heavy (non-hydrogen) atoms. The molecule has 0 aliphatic rings. The molecule has 102 valence electrons. The summed E-state index contributed by atoms with van der Waals surface area (Å²) in [5.41, 5.74) is 18.4. The molecule has 0 aromatic heterocycles. The van der Waals surface area contributed by atoms with E-state index in [-0.39, 0.29) is 0 Å². The van der Waals surface area contributed by atoms with Gasteiger partial charge in [0.25, 0.3) is 0 Å². The van der Waals surface area contributed by atoms with Gasteiger partial charge in [-0.15, -0.1) is 0 Å². The molecule has 6 nitrogen and oxygen atoms in total. The van der Waals surface area contributed by atoms with Gasteiger partial charge in [0, 0.05) is 11.1 Å². The summed E-state index contributed by atoms with van der Waals surface area (Å²) < 4.78 is 0. The summed E-state index contributed by atoms with van der Waals surface area (Å²) in [6.07, 6.45) is 0. The summed E-state index contributed by atoms with van der Waals surface area (Å²) in [5.74, 6) is -0.992. The Hall–Kier alpha value is -3.02. The molecule has 2 amide bonds. The van der Waals surface area contributed by atoms with Gasteiger partial charge in [0.05, 0.1) is 11.4 Å². The number of nitrogens with one attached hydrogen (secondary N) is 2. The number of carbonyl (C=O) groups is 2. The van der Waals surface area contributed by atoms with Crippen molar-refractivity contribution >= 4 is 23.2 Å². The number of rotatable bonds is 5. The van der Waals surface area contributed by atoms with E-state index in [4.69, 9.17) is 11.5 Å². The van der Waals surface area contributed by atoms with Crippen LogP contribution in [-0.2, 0) is 0 Å². The summed E-state index contributed by atoms with van der Waals surface area (Å²) in [5, 5.41) is 0. The van der Waals surface area contributed by atoms with Gasteiger partial charge in [-0.05, 0) is 36.4 Å². The zero-order chi connectivity index (χ0) is 14.5. The van der Waals surface area contributed by atoms with Crippen LogP contribution in [0, 0.1) is 0 Å². The summed E-state index contributed by atoms with van der Waals surface area (Å²) in [6.45, 7) is 0. The van der Waals surface area contributed by atoms with E-state index in [2.05, 4.69) is 10.9 Å². The number of hydrazine groups is 1. The Kier molecular flexibility index (Phi) is 3.85. The molecule has 0 unspecified atom stereocenters. The van der Waals surface area contributed by atoms with E-state index in [9.17, 15) is 9.59 Å². The largest absolute Gasteiger partial charge is 0.366 e. The third-order valence-corrected chi connectivity index (χ3v) is 2.65. The maximum Gasteiger partial charge on any atom is 0.248 e. The predicted molar refractivity (Wildman–Crippen MR) is 77.2 cm³/mol. The van der Waals surface area contributed by atoms with Crippen LogP contribution in [0.5, 0.6) is 0 Å². The Morgan fingerprint density at radius 1 is 0.750 bits per heavy atom. The van der Waals surface area contributed by atoms with Crippen molar-refractivity contribution in [3.63, 3.8) is 0 Å². The number of amides is 2. The first kappa shape index (κ1) is 13.4. The van der Waals surface area contributed by atoms with Crippen LogP contribution in [-0.4, -0.2) is 11.8 Å². The van der Waals surface area contributed by atoms with Crippen molar-refractivity contribution in [2.24, 2.45) is 11.5 Å². The summed E-state index contributed by atoms with van der Waals surface area (Å²) in [7, 11) is 0. The lowest BCUT2D eigenvalue weighted by atomic mass is 10.2. The van der Waals surface area contributed by atoms with Crippen LogP contribution >= 0.6 is 0 Å². The van der Waals surface area contributed by atoms with E-state index in [1.165, 1.54) is 0 Å². The standard InChI is InChI=1S/C14H14N4O2/c15-13(19)9-3-1-5-11(7-9)17-18-12-6-2-4-10(8-12)14(16)20/h1-8,17-18H,(H2,15,19)(H2,16,20). The van der Waals surface area contributed by atoms with Crippen molar-refractivity contribution in [2.75, 3.05) is 10.9 Å². The molecule has 0 heterocycles. The van der Waals surface area contributed by atoms with E-state index in [0.29, 0.717) is 22.5 Å². The zero-order valence-electron chi connectivity index (χ0n) is 10.6. The van der Waals surface area contributed by atoms with E-state index in [1.807, 2.05) is 0 Å². The Balaban J connectivity index is 2.08. The van der Waals surface area contributed by atoms with Gasteiger partial charge in [-0.3, -0.25) is 9.59 Å². The van der Waals surface area contributed by atoms with Gasteiger partial charge in [0.1, 0.15) is 0 Å².